The van der Waals surface area contributed by atoms with Crippen molar-refractivity contribution < 1.29 is 0 Å². The number of hydrogen-bond acceptors (Lipinski definition) is 6. The van der Waals surface area contributed by atoms with Crippen LogP contribution in [0.5, 0.6) is 0 Å². The highest BCUT2D eigenvalue weighted by Crippen LogP contribution is 2.21. The van der Waals surface area contributed by atoms with Crippen molar-refractivity contribution in [2.45, 2.75) is 19.5 Å². The van der Waals surface area contributed by atoms with Crippen LogP contribution in [0.15, 0.2) is 49.4 Å². The van der Waals surface area contributed by atoms with Crippen LogP contribution in [0, 0.1) is 0 Å². The third kappa shape index (κ3) is 3.07. The van der Waals surface area contributed by atoms with Gasteiger partial charge in [0.2, 0.25) is 0 Å². The lowest BCUT2D eigenvalue weighted by Crippen LogP contribution is -2.31. The van der Waals surface area contributed by atoms with E-state index in [1.807, 2.05) is 30.7 Å². The molecule has 4 rings (SSSR count). The van der Waals surface area contributed by atoms with Crippen molar-refractivity contribution in [3.05, 3.63) is 66.3 Å². The molecule has 6 heteroatoms. The van der Waals surface area contributed by atoms with Gasteiger partial charge in [-0.2, -0.15) is 0 Å². The lowest BCUT2D eigenvalue weighted by Gasteiger charge is -2.27. The Morgan fingerprint density at radius 1 is 1.04 bits per heavy atom. The van der Waals surface area contributed by atoms with Crippen LogP contribution in [0.3, 0.4) is 0 Å². The average molecular weight is 304 g/mol. The normalized spacial score (nSPS) is 14.4. The largest absolute Gasteiger partial charge is 0.294 e. The Hall–Kier alpha value is -2.73. The van der Waals surface area contributed by atoms with Crippen LogP contribution in [0.4, 0.5) is 0 Å². The zero-order chi connectivity index (χ0) is 15.5. The maximum absolute atomic E-state index is 4.72. The Bertz CT molecular complexity index is 791. The maximum Gasteiger partial charge on any atom is 0.160 e. The van der Waals surface area contributed by atoms with Gasteiger partial charge in [0, 0.05) is 73.7 Å². The van der Waals surface area contributed by atoms with E-state index in [1.54, 1.807) is 18.7 Å². The second-order valence-corrected chi connectivity index (χ2v) is 5.61. The molecule has 0 unspecified atom stereocenters. The topological polar surface area (TPSA) is 67.7 Å². The van der Waals surface area contributed by atoms with Crippen LogP contribution in [0.25, 0.3) is 11.4 Å². The molecule has 0 saturated carbocycles. The summed E-state index contributed by atoms with van der Waals surface area (Å²) in [6.07, 6.45) is 11.7. The third-order valence-electron chi connectivity index (χ3n) is 3.95. The minimum absolute atomic E-state index is 0.752. The smallest absolute Gasteiger partial charge is 0.160 e. The molecule has 1 aliphatic rings. The minimum atomic E-state index is 0.752. The summed E-state index contributed by atoms with van der Waals surface area (Å²) in [6, 6.07) is 3.89. The summed E-state index contributed by atoms with van der Waals surface area (Å²) in [5.41, 5.74) is 4.42. The fourth-order valence-corrected chi connectivity index (χ4v) is 2.81. The van der Waals surface area contributed by atoms with Crippen molar-refractivity contribution in [2.75, 3.05) is 6.54 Å². The van der Waals surface area contributed by atoms with Gasteiger partial charge in [0.15, 0.2) is 5.82 Å². The first-order valence-electron chi connectivity index (χ1n) is 7.60. The lowest BCUT2D eigenvalue weighted by atomic mass is 10.1. The third-order valence-corrected chi connectivity index (χ3v) is 3.95. The van der Waals surface area contributed by atoms with Gasteiger partial charge in [0.05, 0.1) is 5.69 Å². The van der Waals surface area contributed by atoms with E-state index in [4.69, 9.17) is 4.98 Å². The molecule has 0 radical (unpaired) electrons. The van der Waals surface area contributed by atoms with E-state index in [0.717, 1.165) is 48.7 Å². The van der Waals surface area contributed by atoms with Crippen molar-refractivity contribution >= 4 is 0 Å². The summed E-state index contributed by atoms with van der Waals surface area (Å²) < 4.78 is 0. The molecule has 3 aromatic rings. The van der Waals surface area contributed by atoms with Gasteiger partial charge in [-0.25, -0.2) is 19.9 Å². The molecule has 3 aromatic heterocycles. The van der Waals surface area contributed by atoms with E-state index in [2.05, 4.69) is 24.8 Å². The molecule has 4 heterocycles. The Morgan fingerprint density at radius 2 is 1.96 bits per heavy atom. The number of rotatable bonds is 3. The minimum Gasteiger partial charge on any atom is -0.294 e. The molecule has 0 bridgehead atoms. The molecule has 1 aliphatic heterocycles. The number of nitrogens with zero attached hydrogens (tertiary/aromatic N) is 6. The molecule has 114 valence electrons. The second-order valence-electron chi connectivity index (χ2n) is 5.61. The van der Waals surface area contributed by atoms with E-state index in [1.165, 1.54) is 5.56 Å². The molecule has 0 aliphatic carbocycles. The van der Waals surface area contributed by atoms with Gasteiger partial charge in [-0.05, 0) is 12.1 Å². The quantitative estimate of drug-likeness (QED) is 0.736. The van der Waals surface area contributed by atoms with Gasteiger partial charge in [-0.3, -0.25) is 9.88 Å². The van der Waals surface area contributed by atoms with Crippen molar-refractivity contribution in [3.8, 4) is 11.4 Å². The fraction of sp³-hybridized carbons (Fsp3) is 0.235. The van der Waals surface area contributed by atoms with Crippen LogP contribution in [-0.2, 0) is 19.5 Å². The van der Waals surface area contributed by atoms with Gasteiger partial charge in [0.25, 0.3) is 0 Å². The molecule has 6 nitrogen and oxygen atoms in total. The predicted octanol–water partition coefficient (Wildman–Crippen LogP) is 1.89. The van der Waals surface area contributed by atoms with E-state index >= 15 is 0 Å². The summed E-state index contributed by atoms with van der Waals surface area (Å²) in [7, 11) is 0. The van der Waals surface area contributed by atoms with E-state index in [9.17, 15) is 0 Å². The highest BCUT2D eigenvalue weighted by atomic mass is 15.1. The molecule has 0 amide bonds. The predicted molar refractivity (Wildman–Crippen MR) is 85.1 cm³/mol. The fourth-order valence-electron chi connectivity index (χ4n) is 2.81. The lowest BCUT2D eigenvalue weighted by molar-refractivity contribution is 0.242. The van der Waals surface area contributed by atoms with Crippen LogP contribution in [0.1, 0.15) is 16.8 Å². The van der Waals surface area contributed by atoms with Gasteiger partial charge in [-0.1, -0.05) is 0 Å². The molecule has 0 saturated heterocycles. The summed E-state index contributed by atoms with van der Waals surface area (Å²) in [5.74, 6) is 0.752. The Kier molecular flexibility index (Phi) is 3.73. The molecule has 0 spiro atoms. The van der Waals surface area contributed by atoms with Crippen LogP contribution in [-0.4, -0.2) is 36.4 Å². The van der Waals surface area contributed by atoms with E-state index in [-0.39, 0.29) is 0 Å². The second kappa shape index (κ2) is 6.18. The maximum atomic E-state index is 4.72. The van der Waals surface area contributed by atoms with Crippen LogP contribution >= 0.6 is 0 Å². The SMILES string of the molecule is c1cncc(-c2ncc3c(n2)CCN(Cc2cncnc2)C3)c1. The van der Waals surface area contributed by atoms with Crippen molar-refractivity contribution in [1.82, 2.24) is 29.8 Å². The van der Waals surface area contributed by atoms with E-state index < -0.39 is 0 Å². The zero-order valence-electron chi connectivity index (χ0n) is 12.6. The van der Waals surface area contributed by atoms with Crippen molar-refractivity contribution in [1.29, 1.82) is 0 Å². The Labute approximate surface area is 134 Å². The first-order chi connectivity index (χ1) is 11.4. The zero-order valence-corrected chi connectivity index (χ0v) is 12.6. The molecular formula is C17H16N6. The van der Waals surface area contributed by atoms with E-state index in [0.29, 0.717) is 0 Å². The first-order valence-corrected chi connectivity index (χ1v) is 7.60. The van der Waals surface area contributed by atoms with Crippen molar-refractivity contribution in [2.24, 2.45) is 0 Å². The van der Waals surface area contributed by atoms with Gasteiger partial charge in [-0.15, -0.1) is 0 Å². The number of pyridine rings is 1. The number of fused-ring (bicyclic) bond motifs is 1. The summed E-state index contributed by atoms with van der Waals surface area (Å²) in [4.78, 5) is 23.9. The molecule has 0 fully saturated rings. The Morgan fingerprint density at radius 3 is 2.78 bits per heavy atom. The monoisotopic (exact) mass is 304 g/mol. The molecule has 23 heavy (non-hydrogen) atoms. The van der Waals surface area contributed by atoms with Crippen molar-refractivity contribution in [3.63, 3.8) is 0 Å². The van der Waals surface area contributed by atoms with Gasteiger partial charge < -0.3 is 0 Å². The van der Waals surface area contributed by atoms with Crippen LogP contribution in [0.2, 0.25) is 0 Å². The van der Waals surface area contributed by atoms with Gasteiger partial charge >= 0.3 is 0 Å². The average Bonchev–Trinajstić information content (AvgIpc) is 2.63. The van der Waals surface area contributed by atoms with Crippen LogP contribution < -0.4 is 0 Å². The summed E-state index contributed by atoms with van der Waals surface area (Å²) in [6.45, 7) is 2.69. The summed E-state index contributed by atoms with van der Waals surface area (Å²) >= 11 is 0. The standard InChI is InChI=1S/C17H16N6/c1-2-14(8-18-4-1)17-21-9-15-11-23(5-3-16(15)22-17)10-13-6-19-12-20-7-13/h1-2,4,6-9,12H,3,5,10-11H2. The Balaban J connectivity index is 1.52. The number of aromatic nitrogens is 5. The highest BCUT2D eigenvalue weighted by molar-refractivity contribution is 5.53. The molecular weight excluding hydrogens is 288 g/mol. The highest BCUT2D eigenvalue weighted by Gasteiger charge is 2.19. The number of hydrogen-bond donors (Lipinski definition) is 0. The summed E-state index contributed by atoms with van der Waals surface area (Å²) in [5, 5.41) is 0. The first kappa shape index (κ1) is 13.9. The molecule has 0 N–H and O–H groups in total. The molecule has 0 atom stereocenters. The molecule has 0 aromatic carbocycles. The van der Waals surface area contributed by atoms with Gasteiger partial charge in [0.1, 0.15) is 6.33 Å².